The van der Waals surface area contributed by atoms with Gasteiger partial charge in [-0.2, -0.15) is 0 Å². The molecule has 0 unspecified atom stereocenters. The lowest BCUT2D eigenvalue weighted by atomic mass is 9.98. The molecule has 92 valence electrons. The highest BCUT2D eigenvalue weighted by Gasteiger charge is 2.40. The van der Waals surface area contributed by atoms with Crippen molar-refractivity contribution in [2.24, 2.45) is 17.8 Å². The van der Waals surface area contributed by atoms with Gasteiger partial charge in [-0.25, -0.2) is 0 Å². The van der Waals surface area contributed by atoms with Crippen LogP contribution in [0.5, 0.6) is 0 Å². The number of hydrogen-bond donors (Lipinski definition) is 2. The van der Waals surface area contributed by atoms with Gasteiger partial charge in [0.2, 0.25) is 0 Å². The fraction of sp³-hybridized carbons (Fsp3) is 0.571. The Bertz CT molecular complexity index is 399. The van der Waals surface area contributed by atoms with Crippen LogP contribution >= 0.6 is 15.9 Å². The van der Waals surface area contributed by atoms with E-state index in [1.807, 2.05) is 12.1 Å². The standard InChI is InChI=1S/C14H19BrN2/c15-11-5-6-14(13(16)7-11)17-8-12(9-1-2-9)10-3-4-10/h5-7,9-10,12,17H,1-4,8,16H2. The van der Waals surface area contributed by atoms with Crippen LogP contribution in [0.3, 0.4) is 0 Å². The summed E-state index contributed by atoms with van der Waals surface area (Å²) in [5.41, 5.74) is 7.92. The third-order valence-corrected chi connectivity index (χ3v) is 4.49. The summed E-state index contributed by atoms with van der Waals surface area (Å²) >= 11 is 3.43. The Kier molecular flexibility index (Phi) is 3.03. The number of nitrogens with two attached hydrogens (primary N) is 1. The van der Waals surface area contributed by atoms with E-state index in [4.69, 9.17) is 5.73 Å². The largest absolute Gasteiger partial charge is 0.397 e. The van der Waals surface area contributed by atoms with Crippen molar-refractivity contribution in [2.45, 2.75) is 25.7 Å². The summed E-state index contributed by atoms with van der Waals surface area (Å²) < 4.78 is 1.04. The first-order chi connectivity index (χ1) is 8.24. The minimum absolute atomic E-state index is 0.838. The predicted octanol–water partition coefficient (Wildman–Crippen LogP) is 3.88. The van der Waals surface area contributed by atoms with Crippen molar-refractivity contribution in [2.75, 3.05) is 17.6 Å². The van der Waals surface area contributed by atoms with Crippen molar-refractivity contribution in [3.05, 3.63) is 22.7 Å². The molecule has 3 N–H and O–H groups in total. The quantitative estimate of drug-likeness (QED) is 0.809. The van der Waals surface area contributed by atoms with Crippen molar-refractivity contribution >= 4 is 27.3 Å². The Balaban J connectivity index is 1.62. The molecule has 0 spiro atoms. The van der Waals surface area contributed by atoms with Crippen LogP contribution in [0.4, 0.5) is 11.4 Å². The maximum atomic E-state index is 6.00. The third-order valence-electron chi connectivity index (χ3n) is 4.00. The first kappa shape index (κ1) is 11.4. The van der Waals surface area contributed by atoms with Crippen LogP contribution in [0.25, 0.3) is 0 Å². The molecule has 1 aromatic carbocycles. The number of rotatable bonds is 5. The summed E-state index contributed by atoms with van der Waals surface area (Å²) in [7, 11) is 0. The average molecular weight is 295 g/mol. The van der Waals surface area contributed by atoms with Gasteiger partial charge in [-0.3, -0.25) is 0 Å². The molecular weight excluding hydrogens is 276 g/mol. The second kappa shape index (κ2) is 4.52. The molecule has 0 radical (unpaired) electrons. The van der Waals surface area contributed by atoms with E-state index in [2.05, 4.69) is 27.3 Å². The van der Waals surface area contributed by atoms with E-state index >= 15 is 0 Å². The van der Waals surface area contributed by atoms with Gasteiger partial charge in [-0.15, -0.1) is 0 Å². The van der Waals surface area contributed by atoms with Crippen molar-refractivity contribution < 1.29 is 0 Å². The highest BCUT2D eigenvalue weighted by molar-refractivity contribution is 9.10. The average Bonchev–Trinajstić information content (AvgIpc) is 3.15. The first-order valence-electron chi connectivity index (χ1n) is 6.53. The lowest BCUT2D eigenvalue weighted by Crippen LogP contribution is -2.18. The molecule has 0 heterocycles. The van der Waals surface area contributed by atoms with Gasteiger partial charge in [0.1, 0.15) is 0 Å². The molecular formula is C14H19BrN2. The number of benzene rings is 1. The van der Waals surface area contributed by atoms with Gasteiger partial charge < -0.3 is 11.1 Å². The summed E-state index contributed by atoms with van der Waals surface area (Å²) in [5, 5.41) is 3.54. The topological polar surface area (TPSA) is 38.0 Å². The molecule has 3 rings (SSSR count). The van der Waals surface area contributed by atoms with Gasteiger partial charge >= 0.3 is 0 Å². The minimum atomic E-state index is 0.838. The molecule has 0 aromatic heterocycles. The van der Waals surface area contributed by atoms with E-state index in [-0.39, 0.29) is 0 Å². The van der Waals surface area contributed by atoms with E-state index in [9.17, 15) is 0 Å². The fourth-order valence-corrected chi connectivity index (χ4v) is 3.07. The number of halogens is 1. The maximum Gasteiger partial charge on any atom is 0.0574 e. The highest BCUT2D eigenvalue weighted by atomic mass is 79.9. The van der Waals surface area contributed by atoms with Gasteiger partial charge in [0, 0.05) is 11.0 Å². The summed E-state index contributed by atoms with van der Waals surface area (Å²) in [6.45, 7) is 1.10. The third kappa shape index (κ3) is 2.76. The molecule has 2 nitrogen and oxygen atoms in total. The zero-order valence-electron chi connectivity index (χ0n) is 9.95. The Morgan fingerprint density at radius 3 is 2.41 bits per heavy atom. The number of anilines is 2. The molecule has 3 heteroatoms. The van der Waals surface area contributed by atoms with Crippen LogP contribution in [0.1, 0.15) is 25.7 Å². The molecule has 0 saturated heterocycles. The van der Waals surface area contributed by atoms with Crippen molar-refractivity contribution in [1.29, 1.82) is 0 Å². The van der Waals surface area contributed by atoms with Crippen LogP contribution in [0, 0.1) is 17.8 Å². The number of hydrogen-bond acceptors (Lipinski definition) is 2. The Hall–Kier alpha value is -0.700. The molecule has 0 amide bonds. The molecule has 2 aliphatic rings. The van der Waals surface area contributed by atoms with Crippen LogP contribution in [-0.2, 0) is 0 Å². The Morgan fingerprint density at radius 1 is 1.24 bits per heavy atom. The molecule has 2 aliphatic carbocycles. The van der Waals surface area contributed by atoms with E-state index in [1.165, 1.54) is 25.7 Å². The van der Waals surface area contributed by atoms with Crippen molar-refractivity contribution in [3.8, 4) is 0 Å². The second-order valence-corrected chi connectivity index (χ2v) is 6.37. The minimum Gasteiger partial charge on any atom is -0.397 e. The monoisotopic (exact) mass is 294 g/mol. The van der Waals surface area contributed by atoms with E-state index in [0.29, 0.717) is 0 Å². The predicted molar refractivity (Wildman–Crippen MR) is 76.0 cm³/mol. The second-order valence-electron chi connectivity index (χ2n) is 5.45. The molecule has 0 aliphatic heterocycles. The first-order valence-corrected chi connectivity index (χ1v) is 7.32. The van der Waals surface area contributed by atoms with E-state index < -0.39 is 0 Å². The zero-order valence-corrected chi connectivity index (χ0v) is 11.5. The lowest BCUT2D eigenvalue weighted by Gasteiger charge is -2.18. The van der Waals surface area contributed by atoms with Crippen LogP contribution in [-0.4, -0.2) is 6.54 Å². The van der Waals surface area contributed by atoms with E-state index in [0.717, 1.165) is 40.1 Å². The molecule has 0 bridgehead atoms. The van der Waals surface area contributed by atoms with Crippen molar-refractivity contribution in [1.82, 2.24) is 0 Å². The molecule has 0 atom stereocenters. The van der Waals surface area contributed by atoms with Gasteiger partial charge in [0.15, 0.2) is 0 Å². The Labute approximate surface area is 111 Å². The smallest absolute Gasteiger partial charge is 0.0574 e. The molecule has 17 heavy (non-hydrogen) atoms. The van der Waals surface area contributed by atoms with Gasteiger partial charge in [-0.1, -0.05) is 15.9 Å². The summed E-state index contributed by atoms with van der Waals surface area (Å²) in [6.07, 6.45) is 5.77. The normalized spacial score (nSPS) is 19.6. The molecule has 2 saturated carbocycles. The summed E-state index contributed by atoms with van der Waals surface area (Å²) in [5.74, 6) is 2.87. The SMILES string of the molecule is Nc1cc(Br)ccc1NCC(C1CC1)C1CC1. The number of nitrogens with one attached hydrogen (secondary N) is 1. The summed E-state index contributed by atoms with van der Waals surface area (Å²) in [6, 6.07) is 6.07. The molecule has 2 fully saturated rings. The zero-order chi connectivity index (χ0) is 11.8. The maximum absolute atomic E-state index is 6.00. The van der Waals surface area contributed by atoms with Crippen LogP contribution in [0.2, 0.25) is 0 Å². The fourth-order valence-electron chi connectivity index (χ4n) is 2.69. The van der Waals surface area contributed by atoms with Crippen LogP contribution in [0.15, 0.2) is 22.7 Å². The van der Waals surface area contributed by atoms with Gasteiger partial charge in [0.05, 0.1) is 11.4 Å². The van der Waals surface area contributed by atoms with Gasteiger partial charge in [0.25, 0.3) is 0 Å². The lowest BCUT2D eigenvalue weighted by molar-refractivity contribution is 0.428. The van der Waals surface area contributed by atoms with Crippen LogP contribution < -0.4 is 11.1 Å². The van der Waals surface area contributed by atoms with Crippen molar-refractivity contribution in [3.63, 3.8) is 0 Å². The summed E-state index contributed by atoms with van der Waals surface area (Å²) in [4.78, 5) is 0. The highest BCUT2D eigenvalue weighted by Crippen LogP contribution is 2.49. The number of nitrogen functional groups attached to an aromatic ring is 1. The van der Waals surface area contributed by atoms with E-state index in [1.54, 1.807) is 0 Å². The van der Waals surface area contributed by atoms with Gasteiger partial charge in [-0.05, 0) is 61.6 Å². The Morgan fingerprint density at radius 2 is 1.88 bits per heavy atom. The molecule has 1 aromatic rings.